The predicted molar refractivity (Wildman–Crippen MR) is 101 cm³/mol. The van der Waals surface area contributed by atoms with Crippen LogP contribution in [-0.4, -0.2) is 16.8 Å². The molecule has 3 aromatic rings. The summed E-state index contributed by atoms with van der Waals surface area (Å²) >= 11 is 0. The Hall–Kier alpha value is -3.28. The van der Waals surface area contributed by atoms with Crippen molar-refractivity contribution in [3.05, 3.63) is 65.9 Å². The van der Waals surface area contributed by atoms with E-state index in [-0.39, 0.29) is 12.8 Å². The number of hydrogen-bond acceptors (Lipinski definition) is 6. The summed E-state index contributed by atoms with van der Waals surface area (Å²) in [5, 5.41) is 6.66. The van der Waals surface area contributed by atoms with Gasteiger partial charge < -0.3 is 20.1 Å². The third kappa shape index (κ3) is 3.54. The van der Waals surface area contributed by atoms with Crippen LogP contribution in [0, 0.1) is 6.92 Å². The van der Waals surface area contributed by atoms with E-state index in [0.29, 0.717) is 5.95 Å². The first-order valence-corrected chi connectivity index (χ1v) is 8.51. The topological polar surface area (TPSA) is 68.3 Å². The van der Waals surface area contributed by atoms with Crippen LogP contribution in [0.25, 0.3) is 0 Å². The Morgan fingerprint density at radius 1 is 0.962 bits per heavy atom. The molecule has 2 heterocycles. The summed E-state index contributed by atoms with van der Waals surface area (Å²) in [4.78, 5) is 9.07. The highest BCUT2D eigenvalue weighted by molar-refractivity contribution is 5.62. The summed E-state index contributed by atoms with van der Waals surface area (Å²) in [6.07, 6.45) is 0. The van der Waals surface area contributed by atoms with E-state index in [1.54, 1.807) is 0 Å². The van der Waals surface area contributed by atoms with E-state index in [2.05, 4.69) is 39.7 Å². The number of ether oxygens (including phenoxy) is 2. The first-order valence-electron chi connectivity index (χ1n) is 8.51. The zero-order valence-electron chi connectivity index (χ0n) is 14.7. The number of nitrogens with one attached hydrogen (secondary N) is 2. The Kier molecular flexibility index (Phi) is 4.31. The Balaban J connectivity index is 1.52. The second kappa shape index (κ2) is 6.92. The number of nitrogens with zero attached hydrogens (tertiary/aromatic N) is 2. The van der Waals surface area contributed by atoms with Crippen molar-refractivity contribution in [1.82, 2.24) is 9.97 Å². The van der Waals surface area contributed by atoms with E-state index in [1.165, 1.54) is 5.56 Å². The molecule has 6 nitrogen and oxygen atoms in total. The summed E-state index contributed by atoms with van der Waals surface area (Å²) in [7, 11) is 0. The largest absolute Gasteiger partial charge is 0.454 e. The molecule has 6 heteroatoms. The van der Waals surface area contributed by atoms with Crippen LogP contribution in [0.2, 0.25) is 0 Å². The number of aromatic nitrogens is 2. The standard InChI is InChI=1S/C20H20N4O2/c1-13-10-19(23-16-8-9-17-18(11-16)26-12-25-17)24-20(21-13)22-14(2)15-6-4-3-5-7-15/h3-11,14H,12H2,1-2H3,(H2,21,22,23,24). The van der Waals surface area contributed by atoms with Crippen molar-refractivity contribution in [2.45, 2.75) is 19.9 Å². The summed E-state index contributed by atoms with van der Waals surface area (Å²) in [6, 6.07) is 18.0. The van der Waals surface area contributed by atoms with E-state index in [4.69, 9.17) is 9.47 Å². The summed E-state index contributed by atoms with van der Waals surface area (Å²) in [6.45, 7) is 4.30. The van der Waals surface area contributed by atoms with E-state index in [1.807, 2.05) is 49.4 Å². The van der Waals surface area contributed by atoms with Crippen molar-refractivity contribution >= 4 is 17.5 Å². The summed E-state index contributed by atoms with van der Waals surface area (Å²) in [5.74, 6) is 2.80. The highest BCUT2D eigenvalue weighted by Gasteiger charge is 2.14. The Morgan fingerprint density at radius 3 is 2.62 bits per heavy atom. The molecule has 0 fully saturated rings. The molecule has 0 radical (unpaired) electrons. The molecule has 2 aromatic carbocycles. The zero-order valence-corrected chi connectivity index (χ0v) is 14.7. The van der Waals surface area contributed by atoms with Crippen molar-refractivity contribution in [1.29, 1.82) is 0 Å². The molecule has 1 atom stereocenters. The van der Waals surface area contributed by atoms with E-state index in [0.717, 1.165) is 28.7 Å². The number of aryl methyl sites for hydroxylation is 1. The van der Waals surface area contributed by atoms with E-state index < -0.39 is 0 Å². The maximum absolute atomic E-state index is 5.42. The quantitative estimate of drug-likeness (QED) is 0.711. The van der Waals surface area contributed by atoms with Crippen molar-refractivity contribution in [2.75, 3.05) is 17.4 Å². The second-order valence-electron chi connectivity index (χ2n) is 6.19. The zero-order chi connectivity index (χ0) is 17.9. The second-order valence-corrected chi connectivity index (χ2v) is 6.19. The maximum Gasteiger partial charge on any atom is 0.231 e. The van der Waals surface area contributed by atoms with Crippen LogP contribution < -0.4 is 20.1 Å². The van der Waals surface area contributed by atoms with E-state index >= 15 is 0 Å². The molecular formula is C20H20N4O2. The first-order chi connectivity index (χ1) is 12.7. The molecule has 0 bridgehead atoms. The van der Waals surface area contributed by atoms with Gasteiger partial charge in [-0.25, -0.2) is 4.98 Å². The summed E-state index contributed by atoms with van der Waals surface area (Å²) in [5.41, 5.74) is 2.95. The van der Waals surface area contributed by atoms with Gasteiger partial charge in [-0.3, -0.25) is 0 Å². The van der Waals surface area contributed by atoms with E-state index in [9.17, 15) is 0 Å². The molecule has 0 aliphatic carbocycles. The Morgan fingerprint density at radius 2 is 1.77 bits per heavy atom. The van der Waals surface area contributed by atoms with Crippen molar-refractivity contribution in [3.63, 3.8) is 0 Å². The highest BCUT2D eigenvalue weighted by Crippen LogP contribution is 2.35. The molecule has 0 saturated heterocycles. The molecule has 26 heavy (non-hydrogen) atoms. The van der Waals surface area contributed by atoms with Gasteiger partial charge in [-0.15, -0.1) is 0 Å². The number of anilines is 3. The lowest BCUT2D eigenvalue weighted by Gasteiger charge is -2.15. The van der Waals surface area contributed by atoms with Gasteiger partial charge in [0.2, 0.25) is 12.7 Å². The van der Waals surface area contributed by atoms with Crippen LogP contribution in [0.1, 0.15) is 24.2 Å². The maximum atomic E-state index is 5.42. The van der Waals surface area contributed by atoms with Crippen LogP contribution in [0.5, 0.6) is 11.5 Å². The summed E-state index contributed by atoms with van der Waals surface area (Å²) < 4.78 is 10.8. The molecule has 0 saturated carbocycles. The van der Waals surface area contributed by atoms with Gasteiger partial charge in [0, 0.05) is 23.5 Å². The van der Waals surface area contributed by atoms with Crippen molar-refractivity contribution < 1.29 is 9.47 Å². The van der Waals surface area contributed by atoms with Crippen LogP contribution in [0.3, 0.4) is 0 Å². The monoisotopic (exact) mass is 348 g/mol. The lowest BCUT2D eigenvalue weighted by Crippen LogP contribution is -2.10. The molecule has 4 rings (SSSR count). The fourth-order valence-corrected chi connectivity index (χ4v) is 2.84. The minimum atomic E-state index is 0.108. The van der Waals surface area contributed by atoms with Crippen LogP contribution in [0.4, 0.5) is 17.5 Å². The van der Waals surface area contributed by atoms with Gasteiger partial charge in [0.15, 0.2) is 11.5 Å². The third-order valence-electron chi connectivity index (χ3n) is 4.14. The lowest BCUT2D eigenvalue weighted by atomic mass is 10.1. The average Bonchev–Trinajstić information content (AvgIpc) is 3.09. The SMILES string of the molecule is Cc1cc(Nc2ccc3c(c2)OCO3)nc(NC(C)c2ccccc2)n1. The molecule has 1 aliphatic heterocycles. The smallest absolute Gasteiger partial charge is 0.231 e. The van der Waals surface area contributed by atoms with Gasteiger partial charge in [0.25, 0.3) is 0 Å². The predicted octanol–water partition coefficient (Wildman–Crippen LogP) is 4.43. The minimum absolute atomic E-state index is 0.108. The number of benzene rings is 2. The third-order valence-corrected chi connectivity index (χ3v) is 4.14. The van der Waals surface area contributed by atoms with Gasteiger partial charge in [-0.1, -0.05) is 30.3 Å². The molecule has 1 aromatic heterocycles. The van der Waals surface area contributed by atoms with Gasteiger partial charge in [-0.05, 0) is 31.5 Å². The molecular weight excluding hydrogens is 328 g/mol. The highest BCUT2D eigenvalue weighted by atomic mass is 16.7. The van der Waals surface area contributed by atoms with Crippen LogP contribution in [-0.2, 0) is 0 Å². The molecule has 132 valence electrons. The van der Waals surface area contributed by atoms with Gasteiger partial charge in [-0.2, -0.15) is 4.98 Å². The lowest BCUT2D eigenvalue weighted by molar-refractivity contribution is 0.174. The van der Waals surface area contributed by atoms with Crippen molar-refractivity contribution in [3.8, 4) is 11.5 Å². The fraction of sp³-hybridized carbons (Fsp3) is 0.200. The molecule has 0 amide bonds. The minimum Gasteiger partial charge on any atom is -0.454 e. The molecule has 1 aliphatic rings. The number of fused-ring (bicyclic) bond motifs is 1. The van der Waals surface area contributed by atoms with Crippen LogP contribution >= 0.6 is 0 Å². The fourth-order valence-electron chi connectivity index (χ4n) is 2.84. The number of hydrogen-bond donors (Lipinski definition) is 2. The molecule has 1 unspecified atom stereocenters. The Labute approximate surface area is 152 Å². The Bertz CT molecular complexity index is 915. The first kappa shape index (κ1) is 16.2. The van der Waals surface area contributed by atoms with Gasteiger partial charge in [0.05, 0.1) is 6.04 Å². The molecule has 0 spiro atoms. The van der Waals surface area contributed by atoms with Gasteiger partial charge >= 0.3 is 0 Å². The average molecular weight is 348 g/mol. The van der Waals surface area contributed by atoms with Crippen molar-refractivity contribution in [2.24, 2.45) is 0 Å². The van der Waals surface area contributed by atoms with Gasteiger partial charge in [0.1, 0.15) is 5.82 Å². The number of rotatable bonds is 5. The van der Waals surface area contributed by atoms with Crippen LogP contribution in [0.15, 0.2) is 54.6 Å². The molecule has 2 N–H and O–H groups in total. The normalized spacial score (nSPS) is 13.3.